The number of pyridine rings is 2. The maximum absolute atomic E-state index is 14.8. The van der Waals surface area contributed by atoms with Crippen molar-refractivity contribution in [3.63, 3.8) is 0 Å². The molecule has 7 nitrogen and oxygen atoms in total. The Balaban J connectivity index is 1.39. The monoisotopic (exact) mass is 461 g/mol. The number of fused-ring (bicyclic) bond motifs is 1. The molecule has 1 amide bonds. The average Bonchev–Trinajstić information content (AvgIpc) is 3.21. The molecule has 0 radical (unpaired) electrons. The largest absolute Gasteiger partial charge is 0.496 e. The van der Waals surface area contributed by atoms with E-state index < -0.39 is 5.82 Å². The van der Waals surface area contributed by atoms with Gasteiger partial charge in [0.25, 0.3) is 5.91 Å². The lowest BCUT2D eigenvalue weighted by Crippen LogP contribution is -2.48. The molecule has 0 bridgehead atoms. The first-order valence-electron chi connectivity index (χ1n) is 11.6. The molecular weight excluding hydrogens is 433 g/mol. The van der Waals surface area contributed by atoms with Gasteiger partial charge in [0.2, 0.25) is 0 Å². The van der Waals surface area contributed by atoms with Gasteiger partial charge in [-0.3, -0.25) is 19.6 Å². The van der Waals surface area contributed by atoms with Crippen LogP contribution in [0.25, 0.3) is 11.3 Å². The van der Waals surface area contributed by atoms with Gasteiger partial charge in [0.1, 0.15) is 17.4 Å². The van der Waals surface area contributed by atoms with Gasteiger partial charge in [0.05, 0.1) is 36.8 Å². The predicted octanol–water partition coefficient (Wildman–Crippen LogP) is 3.98. The van der Waals surface area contributed by atoms with Crippen molar-refractivity contribution in [2.75, 3.05) is 43.1 Å². The van der Waals surface area contributed by atoms with Crippen LogP contribution >= 0.6 is 0 Å². The molecule has 5 rings (SSSR count). The molecule has 2 aromatic heterocycles. The first kappa shape index (κ1) is 22.3. The Bertz CT molecular complexity index is 1210. The zero-order valence-electron chi connectivity index (χ0n) is 19.7. The lowest BCUT2D eigenvalue weighted by Gasteiger charge is -2.38. The number of piperazine rings is 1. The first-order valence-corrected chi connectivity index (χ1v) is 11.6. The molecule has 2 aliphatic heterocycles. The number of hydrogen-bond acceptors (Lipinski definition) is 6. The second-order valence-corrected chi connectivity index (χ2v) is 8.89. The molecule has 1 saturated heterocycles. The number of ether oxygens (including phenoxy) is 1. The highest BCUT2D eigenvalue weighted by molar-refractivity contribution is 6.10. The first-order chi connectivity index (χ1) is 16.5. The molecule has 4 heterocycles. The van der Waals surface area contributed by atoms with Crippen LogP contribution in [0.4, 0.5) is 15.9 Å². The minimum atomic E-state index is -0.439. The predicted molar refractivity (Wildman–Crippen MR) is 130 cm³/mol. The van der Waals surface area contributed by atoms with Crippen LogP contribution in [0.5, 0.6) is 5.75 Å². The Labute approximate surface area is 198 Å². The normalized spacial score (nSPS) is 16.3. The van der Waals surface area contributed by atoms with Crippen molar-refractivity contribution in [1.82, 2.24) is 14.9 Å². The third kappa shape index (κ3) is 3.88. The Hall–Kier alpha value is -3.52. The number of carbonyl (C=O) groups excluding carboxylic acids is 1. The highest BCUT2D eigenvalue weighted by Gasteiger charge is 2.33. The summed E-state index contributed by atoms with van der Waals surface area (Å²) in [6, 6.07) is 10.8. The SMILES string of the molecule is COc1cccc(F)c1-c1nccc2c1CN(c1ccc(N3CCN(C(C)C)CC3)cn1)C2=O. The molecule has 0 atom stereocenters. The number of methoxy groups -OCH3 is 1. The van der Waals surface area contributed by atoms with Crippen molar-refractivity contribution in [1.29, 1.82) is 0 Å². The summed E-state index contributed by atoms with van der Waals surface area (Å²) in [6.07, 6.45) is 3.37. The van der Waals surface area contributed by atoms with E-state index in [1.165, 1.54) is 19.4 Å². The van der Waals surface area contributed by atoms with Crippen molar-refractivity contribution in [3.8, 4) is 17.0 Å². The molecule has 0 N–H and O–H groups in total. The minimum absolute atomic E-state index is 0.167. The van der Waals surface area contributed by atoms with Gasteiger partial charge in [-0.15, -0.1) is 0 Å². The van der Waals surface area contributed by atoms with Gasteiger partial charge < -0.3 is 9.64 Å². The molecule has 2 aliphatic rings. The molecule has 0 aliphatic carbocycles. The van der Waals surface area contributed by atoms with Crippen LogP contribution < -0.4 is 14.5 Å². The van der Waals surface area contributed by atoms with Gasteiger partial charge in [-0.2, -0.15) is 0 Å². The van der Waals surface area contributed by atoms with E-state index in [1.54, 1.807) is 23.1 Å². The van der Waals surface area contributed by atoms with E-state index in [2.05, 4.69) is 33.6 Å². The average molecular weight is 462 g/mol. The number of benzene rings is 1. The van der Waals surface area contributed by atoms with Crippen molar-refractivity contribution in [3.05, 3.63) is 65.7 Å². The van der Waals surface area contributed by atoms with Gasteiger partial charge >= 0.3 is 0 Å². The maximum Gasteiger partial charge on any atom is 0.260 e. The number of halogens is 1. The molecule has 0 spiro atoms. The summed E-state index contributed by atoms with van der Waals surface area (Å²) < 4.78 is 20.1. The standard InChI is InChI=1S/C26H28FN5O2/c1-17(2)30-11-13-31(14-12-30)18-7-8-23(29-15-18)32-16-20-19(26(32)33)9-10-28-25(20)24-21(27)5-4-6-22(24)34-3/h4-10,15,17H,11-14,16H2,1-3H3. The summed E-state index contributed by atoms with van der Waals surface area (Å²) in [4.78, 5) is 28.7. The lowest BCUT2D eigenvalue weighted by atomic mass is 10.0. The molecule has 8 heteroatoms. The number of anilines is 2. The number of amides is 1. The van der Waals surface area contributed by atoms with Crippen LogP contribution in [-0.4, -0.2) is 60.1 Å². The molecule has 1 fully saturated rings. The van der Waals surface area contributed by atoms with Crippen LogP contribution in [0.2, 0.25) is 0 Å². The van der Waals surface area contributed by atoms with Crippen LogP contribution in [0.1, 0.15) is 29.8 Å². The second kappa shape index (κ2) is 9.02. The van der Waals surface area contributed by atoms with Crippen LogP contribution in [-0.2, 0) is 6.54 Å². The van der Waals surface area contributed by atoms with E-state index in [4.69, 9.17) is 4.74 Å². The fourth-order valence-corrected chi connectivity index (χ4v) is 4.75. The summed E-state index contributed by atoms with van der Waals surface area (Å²) in [5.74, 6) is 0.343. The zero-order chi connectivity index (χ0) is 23.8. The zero-order valence-corrected chi connectivity index (χ0v) is 19.7. The van der Waals surface area contributed by atoms with Gasteiger partial charge in [-0.1, -0.05) is 6.07 Å². The van der Waals surface area contributed by atoms with Gasteiger partial charge in [0, 0.05) is 49.5 Å². The van der Waals surface area contributed by atoms with E-state index in [9.17, 15) is 9.18 Å². The van der Waals surface area contributed by atoms with Gasteiger partial charge in [-0.05, 0) is 44.2 Å². The van der Waals surface area contributed by atoms with Gasteiger partial charge in [0.15, 0.2) is 0 Å². The smallest absolute Gasteiger partial charge is 0.260 e. The molecule has 0 unspecified atom stereocenters. The maximum atomic E-state index is 14.8. The Morgan fingerprint density at radius 1 is 1.03 bits per heavy atom. The van der Waals surface area contributed by atoms with E-state index in [-0.39, 0.29) is 18.0 Å². The molecule has 0 saturated carbocycles. The highest BCUT2D eigenvalue weighted by Crippen LogP contribution is 2.38. The quantitative estimate of drug-likeness (QED) is 0.573. The lowest BCUT2D eigenvalue weighted by molar-refractivity contribution is 0.0996. The minimum Gasteiger partial charge on any atom is -0.496 e. The van der Waals surface area contributed by atoms with E-state index >= 15 is 0 Å². The number of nitrogens with zero attached hydrogens (tertiary/aromatic N) is 5. The van der Waals surface area contributed by atoms with Crippen molar-refractivity contribution < 1.29 is 13.9 Å². The Morgan fingerprint density at radius 3 is 2.50 bits per heavy atom. The van der Waals surface area contributed by atoms with E-state index in [1.807, 2.05) is 18.3 Å². The highest BCUT2D eigenvalue weighted by atomic mass is 19.1. The molecule has 34 heavy (non-hydrogen) atoms. The van der Waals surface area contributed by atoms with Crippen LogP contribution in [0.15, 0.2) is 48.8 Å². The van der Waals surface area contributed by atoms with E-state index in [0.29, 0.717) is 34.4 Å². The summed E-state index contributed by atoms with van der Waals surface area (Å²) >= 11 is 0. The van der Waals surface area contributed by atoms with E-state index in [0.717, 1.165) is 31.9 Å². The fraction of sp³-hybridized carbons (Fsp3) is 0.346. The topological polar surface area (TPSA) is 61.8 Å². The number of rotatable bonds is 5. The summed E-state index contributed by atoms with van der Waals surface area (Å²) in [5, 5.41) is 0. The molecule has 1 aromatic carbocycles. The fourth-order valence-electron chi connectivity index (χ4n) is 4.75. The van der Waals surface area contributed by atoms with Crippen LogP contribution in [0, 0.1) is 5.82 Å². The summed E-state index contributed by atoms with van der Waals surface area (Å²) in [7, 11) is 1.49. The molecule has 176 valence electrons. The third-order valence-electron chi connectivity index (χ3n) is 6.70. The summed E-state index contributed by atoms with van der Waals surface area (Å²) in [5.41, 5.74) is 2.91. The molecular formula is C26H28FN5O2. The van der Waals surface area contributed by atoms with Gasteiger partial charge in [-0.25, -0.2) is 9.37 Å². The summed E-state index contributed by atoms with van der Waals surface area (Å²) in [6.45, 7) is 8.66. The van der Waals surface area contributed by atoms with Crippen molar-refractivity contribution >= 4 is 17.4 Å². The van der Waals surface area contributed by atoms with Crippen LogP contribution in [0.3, 0.4) is 0 Å². The molecule has 3 aromatic rings. The number of carbonyl (C=O) groups is 1. The Kier molecular flexibility index (Phi) is 5.91. The number of aromatic nitrogens is 2. The third-order valence-corrected chi connectivity index (χ3v) is 6.70. The second-order valence-electron chi connectivity index (χ2n) is 8.89. The van der Waals surface area contributed by atoms with Crippen molar-refractivity contribution in [2.24, 2.45) is 0 Å². The number of hydrogen-bond donors (Lipinski definition) is 0. The Morgan fingerprint density at radius 2 is 1.82 bits per heavy atom. The van der Waals surface area contributed by atoms with Crippen molar-refractivity contribution in [2.45, 2.75) is 26.4 Å².